The molecule has 0 aliphatic carbocycles. The Bertz CT molecular complexity index is 1520. The molecule has 37 heavy (non-hydrogen) atoms. The van der Waals surface area contributed by atoms with E-state index in [1.54, 1.807) is 44.7 Å². The molecule has 1 aliphatic heterocycles. The standard InChI is InChI=1S/C26H27N3O6S2/c1-32-20-7-10-25(33-2)23(16-20)24-18-36-26(29(24)17-21-4-3-13-35-21)27-19-5-8-22(9-6-19)37(30,31)28-11-14-34-15-12-28/h3-10,13,16,18H,11-12,14-15,17H2,1-2H3. The molecule has 5 rings (SSSR count). The van der Waals surface area contributed by atoms with Gasteiger partial charge in [0.05, 0.1) is 56.5 Å². The minimum absolute atomic E-state index is 0.241. The molecule has 0 unspecified atom stereocenters. The molecular formula is C26H27N3O6S2. The quantitative estimate of drug-likeness (QED) is 0.333. The van der Waals surface area contributed by atoms with Crippen LogP contribution < -0.4 is 14.3 Å². The molecule has 1 aliphatic rings. The number of morpholine rings is 1. The molecule has 0 atom stereocenters. The Hall–Kier alpha value is -3.38. The van der Waals surface area contributed by atoms with Crippen LogP contribution in [-0.4, -0.2) is 57.8 Å². The van der Waals surface area contributed by atoms with Gasteiger partial charge < -0.3 is 23.2 Å². The maximum absolute atomic E-state index is 13.0. The summed E-state index contributed by atoms with van der Waals surface area (Å²) in [6.07, 6.45) is 1.64. The molecule has 1 saturated heterocycles. The van der Waals surface area contributed by atoms with E-state index in [1.807, 2.05) is 40.3 Å². The molecule has 2 aromatic carbocycles. The molecule has 2 aromatic heterocycles. The van der Waals surface area contributed by atoms with Crippen molar-refractivity contribution in [1.29, 1.82) is 0 Å². The normalized spacial score (nSPS) is 15.1. The lowest BCUT2D eigenvalue weighted by molar-refractivity contribution is 0.0730. The maximum atomic E-state index is 13.0. The number of sulfonamides is 1. The summed E-state index contributed by atoms with van der Waals surface area (Å²) in [5, 5.41) is 2.01. The van der Waals surface area contributed by atoms with Crippen LogP contribution in [0.15, 0.2) is 80.5 Å². The third-order valence-corrected chi connectivity index (χ3v) is 8.82. The Labute approximate surface area is 219 Å². The van der Waals surface area contributed by atoms with Crippen LogP contribution in [0, 0.1) is 0 Å². The van der Waals surface area contributed by atoms with E-state index >= 15 is 0 Å². The number of furan rings is 1. The van der Waals surface area contributed by atoms with Crippen LogP contribution in [0.4, 0.5) is 5.69 Å². The van der Waals surface area contributed by atoms with Gasteiger partial charge in [-0.2, -0.15) is 4.31 Å². The highest BCUT2D eigenvalue weighted by Crippen LogP contribution is 2.34. The SMILES string of the molecule is COc1ccc(OC)c(-c2csc(=Nc3ccc(S(=O)(=O)N4CCOCC4)cc3)n2Cc2ccco2)c1. The fraction of sp³-hybridized carbons (Fsp3) is 0.269. The molecule has 0 saturated carbocycles. The van der Waals surface area contributed by atoms with Gasteiger partial charge in [0.2, 0.25) is 10.0 Å². The van der Waals surface area contributed by atoms with E-state index in [9.17, 15) is 8.42 Å². The number of hydrogen-bond acceptors (Lipinski definition) is 8. The smallest absolute Gasteiger partial charge is 0.243 e. The highest BCUT2D eigenvalue weighted by atomic mass is 32.2. The van der Waals surface area contributed by atoms with Crippen molar-refractivity contribution in [3.63, 3.8) is 0 Å². The van der Waals surface area contributed by atoms with Gasteiger partial charge in [-0.25, -0.2) is 13.4 Å². The summed E-state index contributed by atoms with van der Waals surface area (Å²) >= 11 is 1.47. The van der Waals surface area contributed by atoms with Crippen LogP contribution >= 0.6 is 11.3 Å². The third kappa shape index (κ3) is 5.35. The summed E-state index contributed by atoms with van der Waals surface area (Å²) in [7, 11) is -0.313. The van der Waals surface area contributed by atoms with Crippen molar-refractivity contribution in [3.8, 4) is 22.8 Å². The molecule has 0 bridgehead atoms. The molecule has 4 aromatic rings. The first-order chi connectivity index (χ1) is 18.0. The summed E-state index contributed by atoms with van der Waals surface area (Å²) in [4.78, 5) is 5.80. The fourth-order valence-corrected chi connectivity index (χ4v) is 6.43. The topological polar surface area (TPSA) is 95.5 Å². The number of aromatic nitrogens is 1. The van der Waals surface area contributed by atoms with Crippen molar-refractivity contribution in [1.82, 2.24) is 8.87 Å². The predicted molar refractivity (Wildman–Crippen MR) is 140 cm³/mol. The lowest BCUT2D eigenvalue weighted by Gasteiger charge is -2.26. The molecule has 9 nitrogen and oxygen atoms in total. The fourth-order valence-electron chi connectivity index (χ4n) is 4.10. The van der Waals surface area contributed by atoms with Gasteiger partial charge in [0.1, 0.15) is 17.3 Å². The largest absolute Gasteiger partial charge is 0.497 e. The van der Waals surface area contributed by atoms with Gasteiger partial charge in [-0.15, -0.1) is 11.3 Å². The van der Waals surface area contributed by atoms with Gasteiger partial charge in [-0.1, -0.05) is 0 Å². The second-order valence-electron chi connectivity index (χ2n) is 8.26. The average molecular weight is 542 g/mol. The van der Waals surface area contributed by atoms with E-state index in [2.05, 4.69) is 0 Å². The van der Waals surface area contributed by atoms with Crippen LogP contribution in [-0.2, 0) is 21.3 Å². The molecule has 0 amide bonds. The van der Waals surface area contributed by atoms with E-state index in [0.29, 0.717) is 50.0 Å². The monoisotopic (exact) mass is 541 g/mol. The molecular weight excluding hydrogens is 514 g/mol. The van der Waals surface area contributed by atoms with Crippen molar-refractivity contribution in [3.05, 3.63) is 76.8 Å². The van der Waals surface area contributed by atoms with Crippen LogP contribution in [0.3, 0.4) is 0 Å². The van der Waals surface area contributed by atoms with Gasteiger partial charge in [-0.3, -0.25) is 0 Å². The zero-order valence-corrected chi connectivity index (χ0v) is 22.1. The van der Waals surface area contributed by atoms with Crippen molar-refractivity contribution in [2.75, 3.05) is 40.5 Å². The Morgan fingerprint density at radius 2 is 1.81 bits per heavy atom. The van der Waals surface area contributed by atoms with Crippen LogP contribution in [0.5, 0.6) is 11.5 Å². The summed E-state index contributed by atoms with van der Waals surface area (Å²) in [5.41, 5.74) is 2.39. The first-order valence-electron chi connectivity index (χ1n) is 11.7. The van der Waals surface area contributed by atoms with Crippen molar-refractivity contribution in [2.24, 2.45) is 4.99 Å². The van der Waals surface area contributed by atoms with Crippen molar-refractivity contribution < 1.29 is 27.0 Å². The molecule has 1 fully saturated rings. The van der Waals surface area contributed by atoms with E-state index < -0.39 is 10.0 Å². The lowest BCUT2D eigenvalue weighted by Crippen LogP contribution is -2.40. The number of hydrogen-bond donors (Lipinski definition) is 0. The van der Waals surface area contributed by atoms with Crippen molar-refractivity contribution >= 4 is 27.0 Å². The minimum atomic E-state index is -3.57. The summed E-state index contributed by atoms with van der Waals surface area (Å²) < 4.78 is 51.4. The van der Waals surface area contributed by atoms with Gasteiger partial charge in [0.15, 0.2) is 4.80 Å². The Morgan fingerprint density at radius 3 is 2.49 bits per heavy atom. The Morgan fingerprint density at radius 1 is 1.03 bits per heavy atom. The van der Waals surface area contributed by atoms with E-state index in [0.717, 1.165) is 21.8 Å². The number of methoxy groups -OCH3 is 2. The Balaban J connectivity index is 1.54. The second kappa shape index (κ2) is 10.9. The first kappa shape index (κ1) is 25.3. The second-order valence-corrected chi connectivity index (χ2v) is 11.0. The maximum Gasteiger partial charge on any atom is 0.243 e. The summed E-state index contributed by atoms with van der Waals surface area (Å²) in [5.74, 6) is 2.19. The van der Waals surface area contributed by atoms with E-state index in [1.165, 1.54) is 15.6 Å². The van der Waals surface area contributed by atoms with Crippen LogP contribution in [0.1, 0.15) is 5.76 Å². The molecule has 0 spiro atoms. The molecule has 0 radical (unpaired) electrons. The number of benzene rings is 2. The van der Waals surface area contributed by atoms with Crippen LogP contribution in [0.25, 0.3) is 11.3 Å². The molecule has 3 heterocycles. The van der Waals surface area contributed by atoms with Gasteiger partial charge in [0.25, 0.3) is 0 Å². The van der Waals surface area contributed by atoms with E-state index in [4.69, 9.17) is 23.6 Å². The van der Waals surface area contributed by atoms with Crippen LogP contribution in [0.2, 0.25) is 0 Å². The number of thiazole rings is 1. The van der Waals surface area contributed by atoms with E-state index in [-0.39, 0.29) is 4.90 Å². The third-order valence-electron chi connectivity index (χ3n) is 6.04. The predicted octanol–water partition coefficient (Wildman–Crippen LogP) is 4.13. The molecule has 194 valence electrons. The highest BCUT2D eigenvalue weighted by Gasteiger charge is 2.26. The zero-order chi connectivity index (χ0) is 25.8. The van der Waals surface area contributed by atoms with Gasteiger partial charge in [0, 0.05) is 24.0 Å². The molecule has 11 heteroatoms. The van der Waals surface area contributed by atoms with Crippen molar-refractivity contribution in [2.45, 2.75) is 11.4 Å². The minimum Gasteiger partial charge on any atom is -0.497 e. The lowest BCUT2D eigenvalue weighted by atomic mass is 10.1. The number of ether oxygens (including phenoxy) is 3. The molecule has 0 N–H and O–H groups in total. The highest BCUT2D eigenvalue weighted by molar-refractivity contribution is 7.89. The first-order valence-corrected chi connectivity index (χ1v) is 14.0. The average Bonchev–Trinajstić information content (AvgIpc) is 3.59. The zero-order valence-electron chi connectivity index (χ0n) is 20.5. The van der Waals surface area contributed by atoms with Gasteiger partial charge in [-0.05, 0) is 54.6 Å². The van der Waals surface area contributed by atoms with Gasteiger partial charge >= 0.3 is 0 Å². The summed E-state index contributed by atoms with van der Waals surface area (Å²) in [6.45, 7) is 1.97. The number of nitrogens with zero attached hydrogens (tertiary/aromatic N) is 3. The number of rotatable bonds is 8. The summed E-state index contributed by atoms with van der Waals surface area (Å²) in [6, 6.07) is 16.0. The Kier molecular flexibility index (Phi) is 7.47.